The number of hydrogen-bond donors (Lipinski definition) is 2. The molecule has 0 unspecified atom stereocenters. The van der Waals surface area contributed by atoms with Gasteiger partial charge in [-0.3, -0.25) is 4.90 Å². The van der Waals surface area contributed by atoms with E-state index < -0.39 is 0 Å². The molecule has 1 fully saturated rings. The van der Waals surface area contributed by atoms with E-state index >= 15 is 0 Å². The Morgan fingerprint density at radius 3 is 2.50 bits per heavy atom. The van der Waals surface area contributed by atoms with Crippen molar-refractivity contribution >= 4 is 35.6 Å². The van der Waals surface area contributed by atoms with E-state index in [-0.39, 0.29) is 29.8 Å². The van der Waals surface area contributed by atoms with Crippen molar-refractivity contribution < 1.29 is 8.81 Å². The standard InChI is InChI=1S/C20H28FN5O.HI/c1-2-22-20(24-16-19-4-3-15-27-19)23-9-10-25-11-13-26(14-12-25)18-7-5-17(21)6-8-18;/h3-8,15H,2,9-14,16H2,1H3,(H2,22,23,24);1H. The van der Waals surface area contributed by atoms with E-state index in [4.69, 9.17) is 4.42 Å². The van der Waals surface area contributed by atoms with Gasteiger partial charge in [-0.1, -0.05) is 0 Å². The van der Waals surface area contributed by atoms with Crippen molar-refractivity contribution in [1.82, 2.24) is 15.5 Å². The SMILES string of the molecule is CCNC(=NCc1ccco1)NCCN1CCN(c2ccc(F)cc2)CC1.I. The highest BCUT2D eigenvalue weighted by atomic mass is 127. The van der Waals surface area contributed by atoms with Crippen molar-refractivity contribution in [2.45, 2.75) is 13.5 Å². The second-order valence-corrected chi connectivity index (χ2v) is 6.51. The fourth-order valence-corrected chi connectivity index (χ4v) is 3.12. The van der Waals surface area contributed by atoms with Gasteiger partial charge < -0.3 is 20.0 Å². The zero-order chi connectivity index (χ0) is 18.9. The number of piperazine rings is 1. The molecule has 1 aromatic carbocycles. The highest BCUT2D eigenvalue weighted by molar-refractivity contribution is 14.0. The van der Waals surface area contributed by atoms with Gasteiger partial charge in [0, 0.05) is 51.5 Å². The maximum Gasteiger partial charge on any atom is 0.191 e. The van der Waals surface area contributed by atoms with Crippen molar-refractivity contribution in [3.05, 3.63) is 54.2 Å². The number of halogens is 2. The Labute approximate surface area is 183 Å². The number of furan rings is 1. The highest BCUT2D eigenvalue weighted by Gasteiger charge is 2.16. The predicted molar refractivity (Wildman–Crippen MR) is 122 cm³/mol. The van der Waals surface area contributed by atoms with Gasteiger partial charge in [0.25, 0.3) is 0 Å². The monoisotopic (exact) mass is 501 g/mol. The smallest absolute Gasteiger partial charge is 0.191 e. The summed E-state index contributed by atoms with van der Waals surface area (Å²) in [5.41, 5.74) is 1.09. The van der Waals surface area contributed by atoms with Crippen molar-refractivity contribution in [3.63, 3.8) is 0 Å². The molecule has 0 bridgehead atoms. The van der Waals surface area contributed by atoms with Crippen LogP contribution in [0.3, 0.4) is 0 Å². The second kappa shape index (κ2) is 11.9. The summed E-state index contributed by atoms with van der Waals surface area (Å²) in [6.07, 6.45) is 1.66. The molecule has 2 heterocycles. The predicted octanol–water partition coefficient (Wildman–Crippen LogP) is 2.91. The summed E-state index contributed by atoms with van der Waals surface area (Å²) in [6, 6.07) is 10.5. The quantitative estimate of drug-likeness (QED) is 0.347. The van der Waals surface area contributed by atoms with Crippen molar-refractivity contribution in [2.75, 3.05) is 50.7 Å². The molecule has 2 aromatic rings. The first-order valence-corrected chi connectivity index (χ1v) is 9.52. The van der Waals surface area contributed by atoms with Crippen LogP contribution in [0, 0.1) is 5.82 Å². The summed E-state index contributed by atoms with van der Waals surface area (Å²) < 4.78 is 18.4. The summed E-state index contributed by atoms with van der Waals surface area (Å²) in [5.74, 6) is 1.47. The lowest BCUT2D eigenvalue weighted by atomic mass is 10.2. The van der Waals surface area contributed by atoms with E-state index in [2.05, 4.69) is 32.3 Å². The zero-order valence-electron chi connectivity index (χ0n) is 16.2. The zero-order valence-corrected chi connectivity index (χ0v) is 18.6. The number of rotatable bonds is 7. The van der Waals surface area contributed by atoms with Crippen LogP contribution in [0.15, 0.2) is 52.1 Å². The number of nitrogens with zero attached hydrogens (tertiary/aromatic N) is 3. The van der Waals surface area contributed by atoms with E-state index in [1.807, 2.05) is 24.3 Å². The minimum Gasteiger partial charge on any atom is -0.467 e. The minimum absolute atomic E-state index is 0. The van der Waals surface area contributed by atoms with Crippen LogP contribution in [0.5, 0.6) is 0 Å². The summed E-state index contributed by atoms with van der Waals surface area (Å²) in [7, 11) is 0. The van der Waals surface area contributed by atoms with Gasteiger partial charge in [0.05, 0.1) is 6.26 Å². The third-order valence-electron chi connectivity index (χ3n) is 4.60. The van der Waals surface area contributed by atoms with Crippen LogP contribution in [0.1, 0.15) is 12.7 Å². The van der Waals surface area contributed by atoms with E-state index in [1.54, 1.807) is 6.26 Å². The number of aliphatic imine (C=N–C) groups is 1. The molecular formula is C20H29FIN5O. The van der Waals surface area contributed by atoms with E-state index in [9.17, 15) is 4.39 Å². The van der Waals surface area contributed by atoms with Crippen LogP contribution in [0.25, 0.3) is 0 Å². The van der Waals surface area contributed by atoms with Gasteiger partial charge in [-0.2, -0.15) is 0 Å². The van der Waals surface area contributed by atoms with Gasteiger partial charge in [0.15, 0.2) is 5.96 Å². The first-order valence-electron chi connectivity index (χ1n) is 9.52. The lowest BCUT2D eigenvalue weighted by molar-refractivity contribution is 0.261. The van der Waals surface area contributed by atoms with E-state index in [0.29, 0.717) is 6.54 Å². The minimum atomic E-state index is -0.186. The third kappa shape index (κ3) is 6.97. The Morgan fingerprint density at radius 1 is 1.11 bits per heavy atom. The molecule has 1 aliphatic rings. The molecule has 8 heteroatoms. The number of hydrogen-bond acceptors (Lipinski definition) is 4. The maximum absolute atomic E-state index is 13.1. The number of benzene rings is 1. The Balaban J connectivity index is 0.00000280. The third-order valence-corrected chi connectivity index (χ3v) is 4.60. The van der Waals surface area contributed by atoms with Gasteiger partial charge in [-0.25, -0.2) is 9.38 Å². The highest BCUT2D eigenvalue weighted by Crippen LogP contribution is 2.16. The summed E-state index contributed by atoms with van der Waals surface area (Å²) in [5, 5.41) is 6.64. The molecule has 1 aliphatic heterocycles. The van der Waals surface area contributed by atoms with Gasteiger partial charge in [-0.05, 0) is 43.3 Å². The summed E-state index contributed by atoms with van der Waals surface area (Å²) in [4.78, 5) is 9.28. The Morgan fingerprint density at radius 2 is 1.86 bits per heavy atom. The number of guanidine groups is 1. The van der Waals surface area contributed by atoms with Crippen LogP contribution in [-0.2, 0) is 6.54 Å². The second-order valence-electron chi connectivity index (χ2n) is 6.51. The molecule has 0 aliphatic carbocycles. The first kappa shape index (κ1) is 22.5. The van der Waals surface area contributed by atoms with Crippen LogP contribution >= 0.6 is 24.0 Å². The van der Waals surface area contributed by atoms with Crippen molar-refractivity contribution in [2.24, 2.45) is 4.99 Å². The van der Waals surface area contributed by atoms with E-state index in [1.165, 1.54) is 12.1 Å². The lowest BCUT2D eigenvalue weighted by Crippen LogP contribution is -2.49. The molecule has 3 rings (SSSR count). The van der Waals surface area contributed by atoms with Crippen molar-refractivity contribution in [3.8, 4) is 0 Å². The largest absolute Gasteiger partial charge is 0.467 e. The average Bonchev–Trinajstić information content (AvgIpc) is 3.21. The molecule has 0 saturated carbocycles. The van der Waals surface area contributed by atoms with Crippen LogP contribution in [0.2, 0.25) is 0 Å². The lowest BCUT2D eigenvalue weighted by Gasteiger charge is -2.36. The average molecular weight is 501 g/mol. The molecule has 0 atom stereocenters. The maximum atomic E-state index is 13.1. The molecule has 2 N–H and O–H groups in total. The molecular weight excluding hydrogens is 472 g/mol. The molecule has 1 saturated heterocycles. The molecule has 0 spiro atoms. The summed E-state index contributed by atoms with van der Waals surface area (Å²) >= 11 is 0. The van der Waals surface area contributed by atoms with Crippen LogP contribution < -0.4 is 15.5 Å². The molecule has 0 radical (unpaired) electrons. The summed E-state index contributed by atoms with van der Waals surface area (Å²) in [6.45, 7) is 9.11. The van der Waals surface area contributed by atoms with Gasteiger partial charge in [-0.15, -0.1) is 24.0 Å². The molecule has 0 amide bonds. The topological polar surface area (TPSA) is 56.0 Å². The number of nitrogens with one attached hydrogen (secondary N) is 2. The van der Waals surface area contributed by atoms with Gasteiger partial charge in [0.2, 0.25) is 0 Å². The van der Waals surface area contributed by atoms with Crippen LogP contribution in [-0.4, -0.2) is 56.7 Å². The normalized spacial score (nSPS) is 15.2. The molecule has 6 nitrogen and oxygen atoms in total. The van der Waals surface area contributed by atoms with Crippen molar-refractivity contribution in [1.29, 1.82) is 0 Å². The fourth-order valence-electron chi connectivity index (χ4n) is 3.12. The van der Waals surface area contributed by atoms with E-state index in [0.717, 1.165) is 63.2 Å². The van der Waals surface area contributed by atoms with Gasteiger partial charge >= 0.3 is 0 Å². The first-order chi connectivity index (χ1) is 13.2. The van der Waals surface area contributed by atoms with Crippen LogP contribution in [0.4, 0.5) is 10.1 Å². The molecule has 28 heavy (non-hydrogen) atoms. The fraction of sp³-hybridized carbons (Fsp3) is 0.450. The Kier molecular flexibility index (Phi) is 9.56. The molecule has 154 valence electrons. The Bertz CT molecular complexity index is 700. The van der Waals surface area contributed by atoms with Gasteiger partial charge in [0.1, 0.15) is 18.1 Å². The number of anilines is 1. The molecule has 1 aromatic heterocycles. The Hall–Kier alpha value is -1.81.